The number of aromatic nitrogens is 1. The zero-order valence-corrected chi connectivity index (χ0v) is 18.1. The summed E-state index contributed by atoms with van der Waals surface area (Å²) in [5.41, 5.74) is 2.04. The van der Waals surface area contributed by atoms with Crippen molar-refractivity contribution in [2.45, 2.75) is 37.1 Å². The van der Waals surface area contributed by atoms with E-state index in [2.05, 4.69) is 27.9 Å². The van der Waals surface area contributed by atoms with E-state index in [1.54, 1.807) is 16.4 Å². The standard InChI is InChI=1S/C22H30N4O2S/c1-18-6-9-20(10-7-18)29(27,28)26-12-4-3-5-21(26)19-8-11-22(23-17-19)25-15-13-24(2)14-16-25/h6-11,17,21H,3-5,12-16H2,1-2H3/t21-/m1/s1. The molecule has 1 atom stereocenters. The maximum absolute atomic E-state index is 13.3. The van der Waals surface area contributed by atoms with Gasteiger partial charge in [0.2, 0.25) is 10.0 Å². The number of nitrogens with zero attached hydrogens (tertiary/aromatic N) is 4. The van der Waals surface area contributed by atoms with Crippen LogP contribution in [0.4, 0.5) is 5.82 Å². The first-order chi connectivity index (χ1) is 13.9. The lowest BCUT2D eigenvalue weighted by Gasteiger charge is -2.35. The molecule has 0 bridgehead atoms. The lowest BCUT2D eigenvalue weighted by atomic mass is 9.99. The third-order valence-electron chi connectivity index (χ3n) is 6.06. The Morgan fingerprint density at radius 1 is 0.931 bits per heavy atom. The molecule has 1 aromatic carbocycles. The summed E-state index contributed by atoms with van der Waals surface area (Å²) in [5, 5.41) is 0. The third-order valence-corrected chi connectivity index (χ3v) is 7.99. The van der Waals surface area contributed by atoms with Gasteiger partial charge in [0.15, 0.2) is 0 Å². The van der Waals surface area contributed by atoms with E-state index in [1.807, 2.05) is 31.3 Å². The molecule has 0 radical (unpaired) electrons. The number of anilines is 1. The van der Waals surface area contributed by atoms with E-state index < -0.39 is 10.0 Å². The number of pyridine rings is 1. The number of sulfonamides is 1. The second-order valence-electron chi connectivity index (χ2n) is 8.18. The molecule has 29 heavy (non-hydrogen) atoms. The molecule has 0 spiro atoms. The summed E-state index contributed by atoms with van der Waals surface area (Å²) in [6.45, 7) is 6.54. The number of hydrogen-bond acceptors (Lipinski definition) is 5. The number of aryl methyl sites for hydroxylation is 1. The third kappa shape index (κ3) is 4.32. The predicted octanol–water partition coefficient (Wildman–Crippen LogP) is 3.06. The van der Waals surface area contributed by atoms with Crippen LogP contribution in [-0.4, -0.2) is 62.4 Å². The largest absolute Gasteiger partial charge is 0.354 e. The second kappa shape index (κ2) is 8.42. The van der Waals surface area contributed by atoms with Crippen LogP contribution in [0.3, 0.4) is 0 Å². The van der Waals surface area contributed by atoms with Crippen molar-refractivity contribution in [1.29, 1.82) is 0 Å². The van der Waals surface area contributed by atoms with Gasteiger partial charge in [-0.2, -0.15) is 4.31 Å². The second-order valence-corrected chi connectivity index (χ2v) is 10.1. The van der Waals surface area contributed by atoms with Gasteiger partial charge >= 0.3 is 0 Å². The van der Waals surface area contributed by atoms with Crippen molar-refractivity contribution in [2.75, 3.05) is 44.7 Å². The summed E-state index contributed by atoms with van der Waals surface area (Å²) in [5.74, 6) is 0.977. The van der Waals surface area contributed by atoms with E-state index in [0.29, 0.717) is 11.4 Å². The Hall–Kier alpha value is -1.96. The van der Waals surface area contributed by atoms with E-state index >= 15 is 0 Å². The SMILES string of the molecule is Cc1ccc(S(=O)(=O)N2CCCC[C@@H]2c2ccc(N3CCN(C)CC3)nc2)cc1. The fraction of sp³-hybridized carbons (Fsp3) is 0.500. The van der Waals surface area contributed by atoms with Gasteiger partial charge in [-0.05, 0) is 50.6 Å². The molecule has 6 nitrogen and oxygen atoms in total. The number of piperidine rings is 1. The van der Waals surface area contributed by atoms with Gasteiger partial charge in [-0.1, -0.05) is 30.2 Å². The molecule has 0 unspecified atom stereocenters. The topological polar surface area (TPSA) is 56.8 Å². The zero-order valence-electron chi connectivity index (χ0n) is 17.3. The molecule has 4 rings (SSSR count). The fourth-order valence-electron chi connectivity index (χ4n) is 4.19. The average Bonchev–Trinajstić information content (AvgIpc) is 2.75. The first kappa shape index (κ1) is 20.3. The van der Waals surface area contributed by atoms with Crippen molar-refractivity contribution in [3.05, 3.63) is 53.7 Å². The van der Waals surface area contributed by atoms with Gasteiger partial charge in [0, 0.05) is 38.9 Å². The average molecular weight is 415 g/mol. The highest BCUT2D eigenvalue weighted by Crippen LogP contribution is 2.35. The van der Waals surface area contributed by atoms with E-state index in [-0.39, 0.29) is 6.04 Å². The molecule has 3 heterocycles. The number of hydrogen-bond donors (Lipinski definition) is 0. The van der Waals surface area contributed by atoms with Crippen molar-refractivity contribution < 1.29 is 8.42 Å². The number of piperazine rings is 1. The summed E-state index contributed by atoms with van der Waals surface area (Å²) in [6.07, 6.45) is 4.64. The molecule has 0 aliphatic carbocycles. The van der Waals surface area contributed by atoms with Crippen LogP contribution in [0.1, 0.15) is 36.4 Å². The Kier molecular flexibility index (Phi) is 5.90. The minimum atomic E-state index is -3.52. The van der Waals surface area contributed by atoms with Gasteiger partial charge in [0.25, 0.3) is 0 Å². The van der Waals surface area contributed by atoms with Gasteiger partial charge in [-0.25, -0.2) is 13.4 Å². The van der Waals surface area contributed by atoms with Crippen LogP contribution in [0, 0.1) is 6.92 Å². The lowest BCUT2D eigenvalue weighted by Crippen LogP contribution is -2.44. The number of benzene rings is 1. The smallest absolute Gasteiger partial charge is 0.243 e. The Morgan fingerprint density at radius 2 is 1.66 bits per heavy atom. The normalized spacial score (nSPS) is 22.0. The van der Waals surface area contributed by atoms with Crippen LogP contribution < -0.4 is 4.90 Å². The molecule has 156 valence electrons. The summed E-state index contributed by atoms with van der Waals surface area (Å²) < 4.78 is 28.3. The van der Waals surface area contributed by atoms with Crippen LogP contribution >= 0.6 is 0 Å². The van der Waals surface area contributed by atoms with Crippen molar-refractivity contribution in [3.8, 4) is 0 Å². The molecular formula is C22H30N4O2S. The van der Waals surface area contributed by atoms with Gasteiger partial charge in [-0.15, -0.1) is 0 Å². The Balaban J connectivity index is 1.56. The molecule has 2 fully saturated rings. The van der Waals surface area contributed by atoms with Crippen LogP contribution in [0.5, 0.6) is 0 Å². The van der Waals surface area contributed by atoms with E-state index in [0.717, 1.165) is 62.4 Å². The minimum Gasteiger partial charge on any atom is -0.354 e. The first-order valence-corrected chi connectivity index (χ1v) is 11.9. The van der Waals surface area contributed by atoms with Crippen LogP contribution in [0.15, 0.2) is 47.5 Å². The van der Waals surface area contributed by atoms with Crippen LogP contribution in [0.2, 0.25) is 0 Å². The zero-order chi connectivity index (χ0) is 20.4. The Bertz CT molecular complexity index is 920. The van der Waals surface area contributed by atoms with Crippen LogP contribution in [0.25, 0.3) is 0 Å². The molecule has 0 N–H and O–H groups in total. The van der Waals surface area contributed by atoms with Crippen molar-refractivity contribution in [1.82, 2.24) is 14.2 Å². The number of likely N-dealkylation sites (N-methyl/N-ethyl adjacent to an activating group) is 1. The maximum Gasteiger partial charge on any atom is 0.243 e. The van der Waals surface area contributed by atoms with Gasteiger partial charge in [0.05, 0.1) is 10.9 Å². The highest BCUT2D eigenvalue weighted by atomic mass is 32.2. The summed E-state index contributed by atoms with van der Waals surface area (Å²) in [4.78, 5) is 9.68. The maximum atomic E-state index is 13.3. The molecule has 2 aromatic rings. The summed E-state index contributed by atoms with van der Waals surface area (Å²) >= 11 is 0. The predicted molar refractivity (Wildman–Crippen MR) is 116 cm³/mol. The first-order valence-electron chi connectivity index (χ1n) is 10.4. The monoisotopic (exact) mass is 414 g/mol. The van der Waals surface area contributed by atoms with Crippen molar-refractivity contribution >= 4 is 15.8 Å². The summed E-state index contributed by atoms with van der Waals surface area (Å²) in [6, 6.07) is 11.1. The van der Waals surface area contributed by atoms with E-state index in [9.17, 15) is 8.42 Å². The molecule has 2 aliphatic heterocycles. The van der Waals surface area contributed by atoms with Gasteiger partial charge < -0.3 is 9.80 Å². The fourth-order valence-corrected chi connectivity index (χ4v) is 5.87. The van der Waals surface area contributed by atoms with Gasteiger partial charge in [0.1, 0.15) is 5.82 Å². The number of rotatable bonds is 4. The van der Waals surface area contributed by atoms with Crippen molar-refractivity contribution in [3.63, 3.8) is 0 Å². The van der Waals surface area contributed by atoms with E-state index in [4.69, 9.17) is 0 Å². The molecule has 2 saturated heterocycles. The molecule has 0 saturated carbocycles. The minimum absolute atomic E-state index is 0.149. The van der Waals surface area contributed by atoms with Gasteiger partial charge in [-0.3, -0.25) is 0 Å². The molecular weight excluding hydrogens is 384 g/mol. The highest BCUT2D eigenvalue weighted by Gasteiger charge is 2.34. The molecule has 2 aliphatic rings. The highest BCUT2D eigenvalue weighted by molar-refractivity contribution is 7.89. The lowest BCUT2D eigenvalue weighted by molar-refractivity contribution is 0.255. The molecule has 7 heteroatoms. The quantitative estimate of drug-likeness (QED) is 0.770. The summed E-state index contributed by atoms with van der Waals surface area (Å²) in [7, 11) is -1.38. The van der Waals surface area contributed by atoms with Crippen molar-refractivity contribution in [2.24, 2.45) is 0 Å². The Morgan fingerprint density at radius 3 is 2.31 bits per heavy atom. The van der Waals surface area contributed by atoms with Crippen LogP contribution in [-0.2, 0) is 10.0 Å². The Labute approximate surface area is 174 Å². The molecule has 0 amide bonds. The van der Waals surface area contributed by atoms with E-state index in [1.165, 1.54) is 0 Å². The molecule has 1 aromatic heterocycles.